The fourth-order valence-electron chi connectivity index (χ4n) is 2.27. The second-order valence-electron chi connectivity index (χ2n) is 5.81. The number of alkyl halides is 2. The van der Waals surface area contributed by atoms with Crippen molar-refractivity contribution in [2.24, 2.45) is 5.16 Å². The van der Waals surface area contributed by atoms with Gasteiger partial charge < -0.3 is 24.4 Å². The minimum Gasteiger partial charge on any atom is -0.493 e. The fourth-order valence-corrected chi connectivity index (χ4v) is 2.27. The van der Waals surface area contributed by atoms with E-state index in [1.54, 1.807) is 0 Å². The van der Waals surface area contributed by atoms with Crippen LogP contribution in [-0.2, 0) is 9.63 Å². The molecule has 0 saturated heterocycles. The number of aryl methyl sites for hydroxylation is 1. The van der Waals surface area contributed by atoms with Crippen molar-refractivity contribution in [2.75, 3.05) is 26.9 Å². The molecule has 0 saturated carbocycles. The number of rotatable bonds is 11. The molecule has 0 aliphatic rings. The van der Waals surface area contributed by atoms with E-state index in [2.05, 4.69) is 15.2 Å². The summed E-state index contributed by atoms with van der Waals surface area (Å²) in [5.41, 5.74) is 1.61. The molecule has 2 aromatic rings. The van der Waals surface area contributed by atoms with Crippen LogP contribution in [0, 0.1) is 6.92 Å². The molecular weight excluding hydrogens is 386 g/mol. The van der Waals surface area contributed by atoms with E-state index < -0.39 is 6.61 Å². The Labute approximate surface area is 167 Å². The number of methoxy groups -OCH3 is 1. The average molecular weight is 408 g/mol. The molecule has 0 atom stereocenters. The summed E-state index contributed by atoms with van der Waals surface area (Å²) >= 11 is 0. The van der Waals surface area contributed by atoms with E-state index in [1.807, 2.05) is 31.2 Å². The molecule has 0 aliphatic carbocycles. The van der Waals surface area contributed by atoms with Gasteiger partial charge in [-0.05, 0) is 42.8 Å². The van der Waals surface area contributed by atoms with Gasteiger partial charge in [-0.25, -0.2) is 0 Å². The Balaban J connectivity index is 1.69. The topological polar surface area (TPSA) is 78.4 Å². The minimum absolute atomic E-state index is 0.0900. The number of hydrogen-bond donors (Lipinski definition) is 1. The van der Waals surface area contributed by atoms with Crippen LogP contribution in [-0.4, -0.2) is 45.6 Å². The molecule has 1 amide bonds. The maximum Gasteiger partial charge on any atom is 0.387 e. The lowest BCUT2D eigenvalue weighted by Gasteiger charge is -2.10. The summed E-state index contributed by atoms with van der Waals surface area (Å²) in [4.78, 5) is 16.6. The molecule has 0 unspecified atom stereocenters. The molecule has 0 bridgehead atoms. The van der Waals surface area contributed by atoms with Gasteiger partial charge in [0.2, 0.25) is 0 Å². The molecule has 0 aliphatic heterocycles. The van der Waals surface area contributed by atoms with Gasteiger partial charge in [0.05, 0.1) is 19.9 Å². The second kappa shape index (κ2) is 11.5. The molecule has 2 rings (SSSR count). The number of carbonyl (C=O) groups excluding carboxylic acids is 1. The van der Waals surface area contributed by atoms with Gasteiger partial charge in [-0.1, -0.05) is 17.3 Å². The Morgan fingerprint density at radius 2 is 2.03 bits per heavy atom. The molecule has 0 heterocycles. The molecule has 0 radical (unpaired) electrons. The van der Waals surface area contributed by atoms with Crippen molar-refractivity contribution >= 4 is 12.1 Å². The summed E-state index contributed by atoms with van der Waals surface area (Å²) in [6.07, 6.45) is 1.32. The van der Waals surface area contributed by atoms with Crippen molar-refractivity contribution in [3.05, 3.63) is 53.6 Å². The van der Waals surface area contributed by atoms with Crippen LogP contribution in [0.15, 0.2) is 47.6 Å². The standard InChI is InChI=1S/C20H22F2N2O5/c1-14-4-3-5-16(10-14)27-9-8-23-19(25)13-28-24-12-15-6-7-17(29-20(21)22)18(11-15)26-2/h3-7,10-12,20H,8-9,13H2,1-2H3,(H,23,25)/b24-12+. The van der Waals surface area contributed by atoms with E-state index in [9.17, 15) is 13.6 Å². The Bertz CT molecular complexity index is 830. The monoisotopic (exact) mass is 408 g/mol. The fraction of sp³-hybridized carbons (Fsp3) is 0.300. The molecule has 0 fully saturated rings. The highest BCUT2D eigenvalue weighted by Crippen LogP contribution is 2.28. The van der Waals surface area contributed by atoms with Crippen LogP contribution in [0.3, 0.4) is 0 Å². The zero-order valence-electron chi connectivity index (χ0n) is 16.1. The van der Waals surface area contributed by atoms with Crippen LogP contribution in [0.25, 0.3) is 0 Å². The molecule has 9 heteroatoms. The third-order valence-corrected chi connectivity index (χ3v) is 3.56. The van der Waals surface area contributed by atoms with Gasteiger partial charge in [0, 0.05) is 5.56 Å². The van der Waals surface area contributed by atoms with Gasteiger partial charge in [0.15, 0.2) is 18.1 Å². The molecule has 156 valence electrons. The first kappa shape index (κ1) is 21.9. The number of hydrogen-bond acceptors (Lipinski definition) is 6. The number of ether oxygens (including phenoxy) is 3. The number of nitrogens with one attached hydrogen (secondary N) is 1. The highest BCUT2D eigenvalue weighted by molar-refractivity contribution is 5.81. The summed E-state index contributed by atoms with van der Waals surface area (Å²) in [6, 6.07) is 11.9. The Morgan fingerprint density at radius 1 is 1.21 bits per heavy atom. The first-order valence-electron chi connectivity index (χ1n) is 8.72. The van der Waals surface area contributed by atoms with E-state index in [1.165, 1.54) is 31.5 Å². The smallest absolute Gasteiger partial charge is 0.387 e. The Morgan fingerprint density at radius 3 is 2.76 bits per heavy atom. The van der Waals surface area contributed by atoms with Crippen LogP contribution in [0.2, 0.25) is 0 Å². The molecule has 7 nitrogen and oxygen atoms in total. The zero-order chi connectivity index (χ0) is 21.1. The van der Waals surface area contributed by atoms with Gasteiger partial charge in [0.25, 0.3) is 5.91 Å². The summed E-state index contributed by atoms with van der Waals surface area (Å²) in [5, 5.41) is 6.31. The maximum absolute atomic E-state index is 12.3. The predicted molar refractivity (Wildman–Crippen MR) is 103 cm³/mol. The zero-order valence-corrected chi connectivity index (χ0v) is 16.1. The molecular formula is C20H22F2N2O5. The van der Waals surface area contributed by atoms with E-state index in [0.29, 0.717) is 18.7 Å². The van der Waals surface area contributed by atoms with Crippen LogP contribution < -0.4 is 19.5 Å². The van der Waals surface area contributed by atoms with Gasteiger partial charge >= 0.3 is 6.61 Å². The highest BCUT2D eigenvalue weighted by Gasteiger charge is 2.10. The first-order chi connectivity index (χ1) is 14.0. The maximum atomic E-state index is 12.3. The molecule has 2 aromatic carbocycles. The highest BCUT2D eigenvalue weighted by atomic mass is 19.3. The minimum atomic E-state index is -2.95. The quantitative estimate of drug-likeness (QED) is 0.351. The normalized spacial score (nSPS) is 10.8. The summed E-state index contributed by atoms with van der Waals surface area (Å²) in [5.74, 6) is 0.419. The number of halogens is 2. The average Bonchev–Trinajstić information content (AvgIpc) is 2.69. The number of benzene rings is 2. The van der Waals surface area contributed by atoms with Gasteiger partial charge in [-0.3, -0.25) is 4.79 Å². The largest absolute Gasteiger partial charge is 0.493 e. The van der Waals surface area contributed by atoms with Gasteiger partial charge in [0.1, 0.15) is 12.4 Å². The SMILES string of the molecule is COc1cc(/C=N/OCC(=O)NCCOc2cccc(C)c2)ccc1OC(F)F. The summed E-state index contributed by atoms with van der Waals surface area (Å²) < 4.78 is 39.5. The molecule has 29 heavy (non-hydrogen) atoms. The third-order valence-electron chi connectivity index (χ3n) is 3.56. The van der Waals surface area contributed by atoms with Crippen LogP contribution in [0.5, 0.6) is 17.2 Å². The van der Waals surface area contributed by atoms with Gasteiger partial charge in [-0.2, -0.15) is 8.78 Å². The van der Waals surface area contributed by atoms with E-state index in [0.717, 1.165) is 11.3 Å². The number of carbonyl (C=O) groups is 1. The van der Waals surface area contributed by atoms with Crippen LogP contribution in [0.4, 0.5) is 8.78 Å². The number of oxime groups is 1. The van der Waals surface area contributed by atoms with Crippen molar-refractivity contribution in [2.45, 2.75) is 13.5 Å². The van der Waals surface area contributed by atoms with E-state index >= 15 is 0 Å². The lowest BCUT2D eigenvalue weighted by Crippen LogP contribution is -2.30. The van der Waals surface area contributed by atoms with Crippen molar-refractivity contribution < 1.29 is 32.6 Å². The predicted octanol–water partition coefficient (Wildman–Crippen LogP) is 3.15. The lowest BCUT2D eigenvalue weighted by atomic mass is 10.2. The van der Waals surface area contributed by atoms with Crippen molar-refractivity contribution in [3.63, 3.8) is 0 Å². The van der Waals surface area contributed by atoms with Crippen molar-refractivity contribution in [1.29, 1.82) is 0 Å². The third kappa shape index (κ3) is 8.04. The van der Waals surface area contributed by atoms with Crippen molar-refractivity contribution in [1.82, 2.24) is 5.32 Å². The molecule has 0 spiro atoms. The lowest BCUT2D eigenvalue weighted by molar-refractivity contribution is -0.125. The van der Waals surface area contributed by atoms with E-state index in [4.69, 9.17) is 14.3 Å². The number of nitrogens with zero attached hydrogens (tertiary/aromatic N) is 1. The first-order valence-corrected chi connectivity index (χ1v) is 8.72. The Kier molecular flexibility index (Phi) is 8.68. The van der Waals surface area contributed by atoms with E-state index in [-0.39, 0.29) is 24.0 Å². The summed E-state index contributed by atoms with van der Waals surface area (Å²) in [7, 11) is 1.33. The Hall–Kier alpha value is -3.36. The molecule has 1 N–H and O–H groups in total. The number of amides is 1. The van der Waals surface area contributed by atoms with Crippen molar-refractivity contribution in [3.8, 4) is 17.2 Å². The second-order valence-corrected chi connectivity index (χ2v) is 5.81. The molecule has 0 aromatic heterocycles. The van der Waals surface area contributed by atoms with Gasteiger partial charge in [-0.15, -0.1) is 0 Å². The summed E-state index contributed by atoms with van der Waals surface area (Å²) in [6.45, 7) is -0.611. The van der Waals surface area contributed by atoms with Crippen LogP contribution >= 0.6 is 0 Å². The van der Waals surface area contributed by atoms with Crippen LogP contribution in [0.1, 0.15) is 11.1 Å².